The van der Waals surface area contributed by atoms with Gasteiger partial charge in [-0.05, 0) is 115 Å². The topological polar surface area (TPSA) is 663 Å². The van der Waals surface area contributed by atoms with E-state index in [1.54, 1.807) is 65.0 Å². The van der Waals surface area contributed by atoms with Gasteiger partial charge < -0.3 is 111 Å². The molecule has 1 aliphatic heterocycles. The number of aliphatic carboxylic acids is 1. The monoisotopic (exact) mass is 1680 g/mol. The first-order valence-corrected chi connectivity index (χ1v) is 39.9. The summed E-state index contributed by atoms with van der Waals surface area (Å²) in [5.74, 6) is -20.8. The highest BCUT2D eigenvalue weighted by atomic mass is 16.4. The summed E-state index contributed by atoms with van der Waals surface area (Å²) < 4.78 is 0. The van der Waals surface area contributed by atoms with Gasteiger partial charge in [0.2, 0.25) is 53.2 Å². The number of guanidine groups is 2. The molecule has 39 nitrogen and oxygen atoms in total. The molecule has 39 heteroatoms. The van der Waals surface area contributed by atoms with Gasteiger partial charge in [-0.25, -0.2) is 0 Å². The van der Waals surface area contributed by atoms with Crippen LogP contribution in [0.25, 0.3) is 0 Å². The van der Waals surface area contributed by atoms with Crippen molar-refractivity contribution in [1.29, 1.82) is 0 Å². The van der Waals surface area contributed by atoms with Gasteiger partial charge in [0.05, 0.1) is 67.8 Å². The molecular weight excluding hydrogens is 1550 g/mol. The van der Waals surface area contributed by atoms with Crippen molar-refractivity contribution in [3.63, 3.8) is 0 Å². The number of aldehydes is 2. The van der Waals surface area contributed by atoms with Gasteiger partial charge in [0, 0.05) is 90.4 Å². The van der Waals surface area contributed by atoms with Crippen molar-refractivity contribution < 1.29 is 112 Å². The predicted octanol–water partition coefficient (Wildman–Crippen LogP) is -2.56. The van der Waals surface area contributed by atoms with Gasteiger partial charge in [-0.3, -0.25) is 86.7 Å². The van der Waals surface area contributed by atoms with E-state index in [0.717, 1.165) is 11.8 Å². The van der Waals surface area contributed by atoms with E-state index >= 15 is 0 Å². The van der Waals surface area contributed by atoms with Gasteiger partial charge >= 0.3 is 5.97 Å². The Morgan fingerprint density at radius 2 is 1.08 bits per heavy atom. The number of Topliss-reactive ketones (excluding diaryl/α,β-unsaturated/α-hetero) is 6. The third kappa shape index (κ3) is 42.2. The molecule has 15 atom stereocenters. The maximum atomic E-state index is 14.5. The van der Waals surface area contributed by atoms with Gasteiger partial charge in [0.1, 0.15) is 42.7 Å². The summed E-state index contributed by atoms with van der Waals surface area (Å²) in [6.45, 7) is 10.1. The minimum Gasteiger partial charge on any atom is -0.481 e. The molecule has 23 N–H and O–H groups in total. The summed E-state index contributed by atoms with van der Waals surface area (Å²) in [4.78, 5) is 245. The number of aliphatic imine (C=N–C) groups is 2. The normalized spacial score (nSPS) is 15.8. The molecule has 0 saturated carbocycles. The minimum atomic E-state index is -1.74. The van der Waals surface area contributed by atoms with Crippen LogP contribution in [0.15, 0.2) is 40.3 Å². The smallest absolute Gasteiger partial charge is 0.306 e. The number of carbonyl (C=O) groups excluding carboxylic acids is 17. The van der Waals surface area contributed by atoms with Gasteiger partial charge in [-0.2, -0.15) is 0 Å². The zero-order chi connectivity index (χ0) is 89.5. The summed E-state index contributed by atoms with van der Waals surface area (Å²) in [6.07, 6.45) is -4.08. The molecule has 1 heterocycles. The molecule has 1 fully saturated rings. The molecule has 1 aromatic carbocycles. The Balaban J connectivity index is 0.0000131. The van der Waals surface area contributed by atoms with Gasteiger partial charge in [-0.1, -0.05) is 78.8 Å². The number of carbonyl (C=O) groups is 18. The first kappa shape index (κ1) is 109. The van der Waals surface area contributed by atoms with Crippen molar-refractivity contribution in [3.05, 3.63) is 35.9 Å². The molecule has 0 aromatic heterocycles. The number of hydrogen-bond acceptors (Lipinski definition) is 25. The third-order valence-electron chi connectivity index (χ3n) is 19.5. The number of nitrogens with two attached hydrogens (primary N) is 5. The standard InChI is InChI=1S/C73H117N15O21.C6H11NO2.CH4/c1-40(2)28-53(82-44(7)94)60(99)35-50(38-90)68(105)87-64(43(6)93)70(107)88-27-15-21-56(88)69(106)85-55(39-91)61(100)32-46(19-13-25-79-72(75)76)65(102)81-36-51(95)31-49(37-89)67(104)84-54(29-41(3)4)59(98)34-48(30-45-16-9-8-10-17-45)66(103)86-63(42(5)92)57(96)22-23-62(101)83-52(20-14-26-80-73(77)78)58(97)33-47(71(108)109)18-11-12-24-74;1-3-5(4-8)6(9)7-2;/h8-10,16-17,38,40-43,46-50,52-56,63-64,89,91-93H,11-15,18-37,39,74H2,1-7H3,(H,81,102)(H,82,94)(H,83,101)(H,84,104)(H,85,106)(H,86,103)(H,87,105)(H,108,109)(H4,75,76,79)(H4,77,78,80);4-5H,3H2,1-2H3,(H,7,9);1H4. The maximum Gasteiger partial charge on any atom is 0.306 e. The van der Waals surface area contributed by atoms with Crippen LogP contribution in [-0.2, 0) is 92.7 Å². The van der Waals surface area contributed by atoms with Crippen molar-refractivity contribution in [2.45, 2.75) is 246 Å². The van der Waals surface area contributed by atoms with Crippen molar-refractivity contribution >= 4 is 118 Å². The summed E-state index contributed by atoms with van der Waals surface area (Å²) in [7, 11) is 1.52. The average Bonchev–Trinajstić information content (AvgIpc) is 1.71. The SMILES string of the molecule is C.CC(=O)NC(CC(C)C)C(=O)CC(C=O)C(=O)NC(C(=O)N1CCCC1C(=O)NC(CO)C(=O)CC(CCCN=C(N)N)C(=O)NCC(=O)CC(CO)C(=O)NC(CC(C)C)C(=O)CC(Cc1ccccc1)C(=O)NC(C(=O)CCC(=O)NC(CCCN=C(N)N)C(=O)CC(CCCCN)C(=O)O)C(C)O)C(C)O.CCC(C=O)C(=O)NC. The van der Waals surface area contributed by atoms with Crippen LogP contribution in [0.3, 0.4) is 0 Å². The number of nitrogens with one attached hydrogen (secondary N) is 8. The van der Waals surface area contributed by atoms with E-state index in [1.807, 2.05) is 0 Å². The number of aliphatic hydroxyl groups excluding tert-OH is 4. The van der Waals surface area contributed by atoms with E-state index in [2.05, 4.69) is 52.5 Å². The Labute approximate surface area is 695 Å². The van der Waals surface area contributed by atoms with Crippen molar-refractivity contribution in [2.24, 2.45) is 86.0 Å². The maximum absolute atomic E-state index is 14.5. The van der Waals surface area contributed by atoms with Crippen molar-refractivity contribution in [2.75, 3.05) is 53.0 Å². The van der Waals surface area contributed by atoms with Crippen LogP contribution >= 0.6 is 0 Å². The zero-order valence-electron chi connectivity index (χ0n) is 69.3. The van der Waals surface area contributed by atoms with Crippen LogP contribution in [0.1, 0.15) is 190 Å². The lowest BCUT2D eigenvalue weighted by Gasteiger charge is -2.31. The van der Waals surface area contributed by atoms with Gasteiger partial charge in [-0.15, -0.1) is 0 Å². The van der Waals surface area contributed by atoms with Crippen molar-refractivity contribution in [3.8, 4) is 0 Å². The second-order valence-corrected chi connectivity index (χ2v) is 30.4. The molecule has 119 heavy (non-hydrogen) atoms. The minimum absolute atomic E-state index is 0. The van der Waals surface area contributed by atoms with E-state index in [4.69, 9.17) is 28.7 Å². The van der Waals surface area contributed by atoms with Crippen LogP contribution in [0.4, 0.5) is 0 Å². The molecule has 1 saturated heterocycles. The Bertz CT molecular complexity index is 3550. The van der Waals surface area contributed by atoms with Gasteiger partial charge in [0.25, 0.3) is 0 Å². The summed E-state index contributed by atoms with van der Waals surface area (Å²) >= 11 is 0. The molecule has 9 amide bonds. The Hall–Kier alpha value is -10.4. The number of carboxylic acid groups (broad SMARTS) is 1. The van der Waals surface area contributed by atoms with E-state index in [0.29, 0.717) is 37.7 Å². The molecule has 0 radical (unpaired) electrons. The second kappa shape index (κ2) is 58.5. The molecule has 15 unspecified atom stereocenters. The fourth-order valence-electron chi connectivity index (χ4n) is 12.9. The number of carboxylic acids is 1. The number of rotatable bonds is 59. The zero-order valence-corrected chi connectivity index (χ0v) is 69.3. The number of amides is 9. The first-order chi connectivity index (χ1) is 55.6. The van der Waals surface area contributed by atoms with Crippen LogP contribution in [-0.4, -0.2) is 256 Å². The molecule has 1 aromatic rings. The quantitative estimate of drug-likeness (QED) is 0.0105. The first-order valence-electron chi connectivity index (χ1n) is 39.9. The lowest BCUT2D eigenvalue weighted by atomic mass is 9.88. The van der Waals surface area contributed by atoms with Crippen LogP contribution in [0.2, 0.25) is 0 Å². The van der Waals surface area contributed by atoms with E-state index in [1.165, 1.54) is 20.9 Å². The Kier molecular flexibility index (Phi) is 53.4. The van der Waals surface area contributed by atoms with E-state index < -0.39 is 243 Å². The van der Waals surface area contributed by atoms with Gasteiger partial charge in [0.15, 0.2) is 46.6 Å². The molecule has 1 aliphatic rings. The molecule has 0 bridgehead atoms. The predicted molar refractivity (Wildman–Crippen MR) is 438 cm³/mol. The highest BCUT2D eigenvalue weighted by Gasteiger charge is 2.43. The fraction of sp³-hybridized carbons (Fsp3) is 0.675. The summed E-state index contributed by atoms with van der Waals surface area (Å²) in [6, 6.07) is -1.45. The number of nitrogens with zero attached hydrogens (tertiary/aromatic N) is 3. The number of unbranched alkanes of at least 4 members (excludes halogenated alkanes) is 1. The van der Waals surface area contributed by atoms with Crippen LogP contribution in [0, 0.1) is 47.3 Å². The highest BCUT2D eigenvalue weighted by molar-refractivity contribution is 6.02. The number of aliphatic hydroxyl groups is 4. The fourth-order valence-corrected chi connectivity index (χ4v) is 12.9. The lowest BCUT2D eigenvalue weighted by molar-refractivity contribution is -0.145. The number of ketones is 6. The largest absolute Gasteiger partial charge is 0.481 e. The van der Waals surface area contributed by atoms with E-state index in [9.17, 15) is 112 Å². The number of likely N-dealkylation sites (tertiary alicyclic amines) is 1. The van der Waals surface area contributed by atoms with Crippen LogP contribution in [0.5, 0.6) is 0 Å². The third-order valence-corrected chi connectivity index (χ3v) is 19.5. The lowest BCUT2D eigenvalue weighted by Crippen LogP contribution is -2.59. The Morgan fingerprint density at radius 3 is 1.58 bits per heavy atom. The average molecular weight is 1690 g/mol. The highest BCUT2D eigenvalue weighted by Crippen LogP contribution is 2.24. The molecular formula is C80H132N16O23. The molecule has 2 rings (SSSR count). The number of hydrogen-bond donors (Lipinski definition) is 18. The number of benzene rings is 1. The summed E-state index contributed by atoms with van der Waals surface area (Å²) in [5, 5.41) is 72.2. The van der Waals surface area contributed by atoms with Crippen molar-refractivity contribution in [1.82, 2.24) is 47.4 Å². The summed E-state index contributed by atoms with van der Waals surface area (Å²) in [5.41, 5.74) is 28.0. The van der Waals surface area contributed by atoms with Crippen LogP contribution < -0.4 is 71.2 Å². The second-order valence-electron chi connectivity index (χ2n) is 30.4. The van der Waals surface area contributed by atoms with E-state index in [-0.39, 0.29) is 127 Å². The molecule has 0 aliphatic carbocycles. The molecule has 670 valence electrons. The molecule has 0 spiro atoms. The Morgan fingerprint density at radius 1 is 0.555 bits per heavy atom.